The molecule has 0 aliphatic heterocycles. The van der Waals surface area contributed by atoms with Crippen molar-refractivity contribution in [1.29, 1.82) is 0 Å². The van der Waals surface area contributed by atoms with Crippen LogP contribution in [0.1, 0.15) is 5.56 Å². The summed E-state index contributed by atoms with van der Waals surface area (Å²) < 4.78 is 12.4. The molecule has 0 unspecified atom stereocenters. The molecule has 0 amide bonds. The molecule has 0 saturated carbocycles. The molecule has 0 radical (unpaired) electrons. The molecule has 0 aliphatic rings. The van der Waals surface area contributed by atoms with Crippen LogP contribution in [0.15, 0.2) is 30.3 Å². The Bertz CT molecular complexity index is 233. The molecule has 0 heterocycles. The molecule has 52 valence electrons. The molecule has 1 N–H and O–H groups in total. The van der Waals surface area contributed by atoms with E-state index in [0.717, 1.165) is 0 Å². The summed E-state index contributed by atoms with van der Waals surface area (Å²) in [6.45, 7) is 0. The normalized spacial score (nSPS) is 11.5. The van der Waals surface area contributed by atoms with Gasteiger partial charge in [0.15, 0.2) is 0 Å². The Morgan fingerprint density at radius 2 is 1.90 bits per heavy atom. The SMILES string of the molecule is [O-][NH+]=C(F)c1ccccc1. The van der Waals surface area contributed by atoms with Crippen molar-refractivity contribution in [3.05, 3.63) is 41.1 Å². The molecule has 0 aromatic heterocycles. The first-order valence-corrected chi connectivity index (χ1v) is 2.80. The maximum atomic E-state index is 12.4. The number of hydrogen-bond acceptors (Lipinski definition) is 1. The van der Waals surface area contributed by atoms with Gasteiger partial charge in [0, 0.05) is 0 Å². The van der Waals surface area contributed by atoms with Gasteiger partial charge in [-0.05, 0) is 12.1 Å². The van der Waals surface area contributed by atoms with Gasteiger partial charge in [-0.3, -0.25) is 0 Å². The summed E-state index contributed by atoms with van der Waals surface area (Å²) in [4.78, 5) is 0. The van der Waals surface area contributed by atoms with E-state index >= 15 is 0 Å². The summed E-state index contributed by atoms with van der Waals surface area (Å²) >= 11 is 0. The summed E-state index contributed by atoms with van der Waals surface area (Å²) in [5.74, 6) is -0.847. The van der Waals surface area contributed by atoms with Crippen molar-refractivity contribution in [1.82, 2.24) is 0 Å². The van der Waals surface area contributed by atoms with Gasteiger partial charge in [-0.2, -0.15) is 5.16 Å². The third-order valence-electron chi connectivity index (χ3n) is 1.12. The molecule has 1 aromatic rings. The average molecular weight is 139 g/mol. The smallest absolute Gasteiger partial charge is 0.370 e. The van der Waals surface area contributed by atoms with Crippen molar-refractivity contribution >= 4 is 5.97 Å². The molecule has 2 nitrogen and oxygen atoms in total. The highest BCUT2D eigenvalue weighted by Gasteiger charge is 2.02. The van der Waals surface area contributed by atoms with Crippen molar-refractivity contribution < 1.29 is 9.55 Å². The Kier molecular flexibility index (Phi) is 1.99. The third kappa shape index (κ3) is 1.31. The minimum absolute atomic E-state index is 0.275. The standard InChI is InChI=1S/C7H6FNO/c8-7(9-10)6-4-2-1-3-5-6/h1-5,9H. The lowest BCUT2D eigenvalue weighted by atomic mass is 10.2. The Labute approximate surface area is 57.6 Å². The van der Waals surface area contributed by atoms with E-state index < -0.39 is 5.97 Å². The molecular weight excluding hydrogens is 133 g/mol. The quantitative estimate of drug-likeness (QED) is 0.331. The first-order chi connectivity index (χ1) is 4.84. The second-order valence-corrected chi connectivity index (χ2v) is 1.78. The minimum atomic E-state index is -0.847. The van der Waals surface area contributed by atoms with E-state index in [2.05, 4.69) is 0 Å². The summed E-state index contributed by atoms with van der Waals surface area (Å²) in [5, 5.41) is 10.9. The van der Waals surface area contributed by atoms with Crippen LogP contribution < -0.4 is 5.16 Å². The highest BCUT2D eigenvalue weighted by molar-refractivity contribution is 5.88. The van der Waals surface area contributed by atoms with E-state index in [1.165, 1.54) is 17.3 Å². The van der Waals surface area contributed by atoms with E-state index in [0.29, 0.717) is 0 Å². The molecule has 0 fully saturated rings. The average Bonchev–Trinajstić information content (AvgIpc) is 2.05. The topological polar surface area (TPSA) is 37.0 Å². The molecular formula is C7H6FNO. The lowest BCUT2D eigenvalue weighted by molar-refractivity contribution is -0.380. The number of hydrogen-bond donors (Lipinski definition) is 1. The maximum Gasteiger partial charge on any atom is 0.370 e. The number of rotatable bonds is 1. The Balaban J connectivity index is 2.96. The monoisotopic (exact) mass is 139 g/mol. The van der Waals surface area contributed by atoms with Crippen LogP contribution in [-0.2, 0) is 0 Å². The number of nitrogens with one attached hydrogen (secondary N) is 1. The molecule has 0 saturated heterocycles. The van der Waals surface area contributed by atoms with Gasteiger partial charge in [-0.1, -0.05) is 18.2 Å². The van der Waals surface area contributed by atoms with Crippen molar-refractivity contribution in [2.24, 2.45) is 0 Å². The second kappa shape index (κ2) is 2.96. The van der Waals surface area contributed by atoms with Crippen molar-refractivity contribution in [3.8, 4) is 0 Å². The Morgan fingerprint density at radius 1 is 1.30 bits per heavy atom. The Morgan fingerprint density at radius 3 is 2.40 bits per heavy atom. The van der Waals surface area contributed by atoms with E-state index in [1.807, 2.05) is 0 Å². The van der Waals surface area contributed by atoms with E-state index in [-0.39, 0.29) is 5.56 Å². The first kappa shape index (κ1) is 6.74. The molecule has 0 bridgehead atoms. The molecule has 1 rings (SSSR count). The van der Waals surface area contributed by atoms with Gasteiger partial charge in [0.05, 0.1) is 5.56 Å². The molecule has 10 heavy (non-hydrogen) atoms. The predicted molar refractivity (Wildman–Crippen MR) is 36.0 cm³/mol. The van der Waals surface area contributed by atoms with Gasteiger partial charge in [0.1, 0.15) is 0 Å². The van der Waals surface area contributed by atoms with Gasteiger partial charge in [-0.15, -0.1) is 4.39 Å². The van der Waals surface area contributed by atoms with Crippen LogP contribution in [0.3, 0.4) is 0 Å². The fourth-order valence-corrected chi connectivity index (χ4v) is 0.643. The van der Waals surface area contributed by atoms with Gasteiger partial charge in [0.2, 0.25) is 0 Å². The zero-order valence-corrected chi connectivity index (χ0v) is 5.17. The van der Waals surface area contributed by atoms with Crippen molar-refractivity contribution in [2.75, 3.05) is 0 Å². The zero-order chi connectivity index (χ0) is 7.40. The highest BCUT2D eigenvalue weighted by Crippen LogP contribution is 1.97. The second-order valence-electron chi connectivity index (χ2n) is 1.78. The lowest BCUT2D eigenvalue weighted by Gasteiger charge is -1.89. The number of halogens is 1. The maximum absolute atomic E-state index is 12.4. The largest absolute Gasteiger partial charge is 0.623 e. The summed E-state index contributed by atoms with van der Waals surface area (Å²) in [7, 11) is 0. The van der Waals surface area contributed by atoms with Crippen LogP contribution in [-0.4, -0.2) is 5.97 Å². The van der Waals surface area contributed by atoms with E-state index in [9.17, 15) is 9.60 Å². The molecule has 3 heteroatoms. The van der Waals surface area contributed by atoms with Crippen LogP contribution in [0.5, 0.6) is 0 Å². The van der Waals surface area contributed by atoms with Crippen molar-refractivity contribution in [2.45, 2.75) is 0 Å². The molecule has 0 aliphatic carbocycles. The third-order valence-corrected chi connectivity index (χ3v) is 1.12. The van der Waals surface area contributed by atoms with Gasteiger partial charge in [-0.25, -0.2) is 0 Å². The zero-order valence-electron chi connectivity index (χ0n) is 5.17. The van der Waals surface area contributed by atoms with Gasteiger partial charge < -0.3 is 5.21 Å². The Hall–Kier alpha value is -1.38. The first-order valence-electron chi connectivity index (χ1n) is 2.80. The van der Waals surface area contributed by atoms with Crippen LogP contribution in [0, 0.1) is 5.21 Å². The summed E-state index contributed by atoms with van der Waals surface area (Å²) in [5.41, 5.74) is 0.275. The van der Waals surface area contributed by atoms with Crippen LogP contribution in [0.4, 0.5) is 4.39 Å². The van der Waals surface area contributed by atoms with Crippen LogP contribution in [0.25, 0.3) is 0 Å². The highest BCUT2D eigenvalue weighted by atomic mass is 19.1. The van der Waals surface area contributed by atoms with E-state index in [1.54, 1.807) is 18.2 Å². The number of benzene rings is 1. The van der Waals surface area contributed by atoms with Gasteiger partial charge >= 0.3 is 5.97 Å². The fourth-order valence-electron chi connectivity index (χ4n) is 0.643. The van der Waals surface area contributed by atoms with Crippen LogP contribution >= 0.6 is 0 Å². The predicted octanol–water partition coefficient (Wildman–Crippen LogP) is -0.0189. The summed E-state index contributed by atoms with van der Waals surface area (Å²) in [6.07, 6.45) is 0. The molecule has 1 aromatic carbocycles. The minimum Gasteiger partial charge on any atom is -0.623 e. The molecule has 0 atom stereocenters. The molecule has 0 spiro atoms. The van der Waals surface area contributed by atoms with Crippen LogP contribution in [0.2, 0.25) is 0 Å². The lowest BCUT2D eigenvalue weighted by Crippen LogP contribution is -2.64. The van der Waals surface area contributed by atoms with Gasteiger partial charge in [0.25, 0.3) is 0 Å². The van der Waals surface area contributed by atoms with E-state index in [4.69, 9.17) is 0 Å². The van der Waals surface area contributed by atoms with Crippen molar-refractivity contribution in [3.63, 3.8) is 0 Å². The fraction of sp³-hybridized carbons (Fsp3) is 0. The summed E-state index contributed by atoms with van der Waals surface area (Å²) in [6, 6.07) is 8.10.